The molecule has 5 nitrogen and oxygen atoms in total. The number of aryl methyl sites for hydroxylation is 1. The number of hydrogen-bond acceptors (Lipinski definition) is 6. The highest BCUT2D eigenvalue weighted by atomic mass is 35.5. The third-order valence-electron chi connectivity index (χ3n) is 4.92. The number of hydrogen-bond donors (Lipinski definition) is 1. The van der Waals surface area contributed by atoms with Crippen LogP contribution in [0.15, 0.2) is 65.0 Å². The van der Waals surface area contributed by atoms with E-state index < -0.39 is 0 Å². The number of carbonyl (C=O) groups excluding carboxylic acids is 1. The van der Waals surface area contributed by atoms with Crippen molar-refractivity contribution in [3.8, 4) is 0 Å². The number of para-hydroxylation sites is 1. The summed E-state index contributed by atoms with van der Waals surface area (Å²) in [6.07, 6.45) is 0. The summed E-state index contributed by atoms with van der Waals surface area (Å²) in [4.78, 5) is 12.9. The van der Waals surface area contributed by atoms with E-state index in [0.717, 1.165) is 37.6 Å². The van der Waals surface area contributed by atoms with Gasteiger partial charge in [-0.15, -0.1) is 10.2 Å². The molecule has 4 rings (SSSR count). The van der Waals surface area contributed by atoms with Crippen molar-refractivity contribution < 1.29 is 4.79 Å². The number of rotatable bonds is 8. The molecule has 0 aliphatic rings. The molecule has 158 valence electrons. The van der Waals surface area contributed by atoms with Gasteiger partial charge < -0.3 is 9.88 Å². The molecule has 0 aliphatic heterocycles. The van der Waals surface area contributed by atoms with Crippen molar-refractivity contribution in [2.75, 3.05) is 11.1 Å². The van der Waals surface area contributed by atoms with E-state index in [2.05, 4.69) is 20.1 Å². The molecule has 2 heterocycles. The zero-order chi connectivity index (χ0) is 21.8. The largest absolute Gasteiger partial charge is 0.344 e. The van der Waals surface area contributed by atoms with Crippen LogP contribution >= 0.6 is 34.7 Å². The number of benzene rings is 2. The van der Waals surface area contributed by atoms with Crippen LogP contribution in [0.1, 0.15) is 27.3 Å². The summed E-state index contributed by atoms with van der Waals surface area (Å²) >= 11 is 9.17. The Balaban J connectivity index is 1.41. The lowest BCUT2D eigenvalue weighted by atomic mass is 10.2. The van der Waals surface area contributed by atoms with E-state index in [-0.39, 0.29) is 5.78 Å². The van der Waals surface area contributed by atoms with Crippen LogP contribution in [0.25, 0.3) is 0 Å². The highest BCUT2D eigenvalue weighted by Gasteiger charge is 2.17. The van der Waals surface area contributed by atoms with E-state index in [0.29, 0.717) is 17.4 Å². The summed E-state index contributed by atoms with van der Waals surface area (Å²) in [6, 6.07) is 19.6. The number of nitrogens with one attached hydrogen (secondary N) is 1. The molecule has 0 spiro atoms. The minimum atomic E-state index is 0.0799. The van der Waals surface area contributed by atoms with Gasteiger partial charge in [-0.25, -0.2) is 0 Å². The standard InChI is InChI=1S/C23H21ClN4OS2/c1-15-12-19(16(2)28(15)13-17-8-6-7-11-20(17)24)21(29)14-30-23-27-26-22(31-23)25-18-9-4-3-5-10-18/h3-12H,13-14H2,1-2H3,(H,25,26). The SMILES string of the molecule is Cc1cc(C(=O)CSc2nnc(Nc3ccccc3)s2)c(C)n1Cc1ccccc1Cl. The Labute approximate surface area is 194 Å². The first-order valence-electron chi connectivity index (χ1n) is 9.73. The van der Waals surface area contributed by atoms with Crippen LogP contribution in [-0.4, -0.2) is 26.3 Å². The number of ketones is 1. The van der Waals surface area contributed by atoms with Gasteiger partial charge in [-0.3, -0.25) is 4.79 Å². The molecule has 8 heteroatoms. The summed E-state index contributed by atoms with van der Waals surface area (Å²) in [5.41, 5.74) is 4.72. The Morgan fingerprint density at radius 2 is 1.84 bits per heavy atom. The Morgan fingerprint density at radius 3 is 2.61 bits per heavy atom. The Morgan fingerprint density at radius 1 is 1.10 bits per heavy atom. The summed E-state index contributed by atoms with van der Waals surface area (Å²) < 4.78 is 2.89. The molecule has 2 aromatic carbocycles. The lowest BCUT2D eigenvalue weighted by Gasteiger charge is -2.11. The zero-order valence-corrected chi connectivity index (χ0v) is 19.5. The maximum atomic E-state index is 12.9. The van der Waals surface area contributed by atoms with Gasteiger partial charge in [0.05, 0.1) is 5.75 Å². The van der Waals surface area contributed by atoms with E-state index in [4.69, 9.17) is 11.6 Å². The fraction of sp³-hybridized carbons (Fsp3) is 0.174. The molecule has 0 atom stereocenters. The van der Waals surface area contributed by atoms with Crippen molar-refractivity contribution in [1.29, 1.82) is 0 Å². The Kier molecular flexibility index (Phi) is 6.75. The number of halogens is 1. The number of carbonyl (C=O) groups is 1. The van der Waals surface area contributed by atoms with E-state index >= 15 is 0 Å². The molecule has 0 saturated carbocycles. The molecule has 0 amide bonds. The third kappa shape index (κ3) is 5.18. The van der Waals surface area contributed by atoms with Crippen molar-refractivity contribution in [3.05, 3.63) is 88.2 Å². The molecule has 0 saturated heterocycles. The fourth-order valence-electron chi connectivity index (χ4n) is 3.29. The second kappa shape index (κ2) is 9.68. The first kappa shape index (κ1) is 21.6. The minimum absolute atomic E-state index is 0.0799. The van der Waals surface area contributed by atoms with Gasteiger partial charge in [-0.1, -0.05) is 71.1 Å². The third-order valence-corrected chi connectivity index (χ3v) is 7.26. The minimum Gasteiger partial charge on any atom is -0.344 e. The average Bonchev–Trinajstić information content (AvgIpc) is 3.33. The van der Waals surface area contributed by atoms with Gasteiger partial charge in [0.15, 0.2) is 10.1 Å². The number of Topliss-reactive ketones (excluding diaryl/α,β-unsaturated/α-hetero) is 1. The summed E-state index contributed by atoms with van der Waals surface area (Å²) in [5.74, 6) is 0.396. The van der Waals surface area contributed by atoms with Crippen molar-refractivity contribution in [3.63, 3.8) is 0 Å². The van der Waals surface area contributed by atoms with Crippen LogP contribution in [0.5, 0.6) is 0 Å². The normalized spacial score (nSPS) is 10.9. The molecule has 1 N–H and O–H groups in total. The van der Waals surface area contributed by atoms with Gasteiger partial charge >= 0.3 is 0 Å². The first-order valence-corrected chi connectivity index (χ1v) is 11.9. The molecule has 0 fully saturated rings. The van der Waals surface area contributed by atoms with E-state index in [1.54, 1.807) is 0 Å². The van der Waals surface area contributed by atoms with Crippen molar-refractivity contribution in [1.82, 2.24) is 14.8 Å². The van der Waals surface area contributed by atoms with E-state index in [9.17, 15) is 4.79 Å². The van der Waals surface area contributed by atoms with Gasteiger partial charge in [0.2, 0.25) is 5.13 Å². The second-order valence-corrected chi connectivity index (χ2v) is 9.65. The van der Waals surface area contributed by atoms with Crippen molar-refractivity contribution in [2.45, 2.75) is 24.7 Å². The molecular formula is C23H21ClN4OS2. The van der Waals surface area contributed by atoms with Crippen LogP contribution in [-0.2, 0) is 6.54 Å². The average molecular weight is 469 g/mol. The van der Waals surface area contributed by atoms with Crippen molar-refractivity contribution >= 4 is 51.3 Å². The molecule has 31 heavy (non-hydrogen) atoms. The summed E-state index contributed by atoms with van der Waals surface area (Å²) in [7, 11) is 0. The monoisotopic (exact) mass is 468 g/mol. The molecule has 0 bridgehead atoms. The van der Waals surface area contributed by atoms with E-state index in [1.165, 1.54) is 23.1 Å². The molecule has 2 aromatic heterocycles. The van der Waals surface area contributed by atoms with Gasteiger partial charge in [0.25, 0.3) is 0 Å². The van der Waals surface area contributed by atoms with Crippen LogP contribution in [0, 0.1) is 13.8 Å². The number of aromatic nitrogens is 3. The van der Waals surface area contributed by atoms with Gasteiger partial charge in [0.1, 0.15) is 0 Å². The maximum Gasteiger partial charge on any atom is 0.210 e. The highest BCUT2D eigenvalue weighted by molar-refractivity contribution is 8.01. The molecular weight excluding hydrogens is 448 g/mol. The number of anilines is 2. The van der Waals surface area contributed by atoms with Crippen molar-refractivity contribution in [2.24, 2.45) is 0 Å². The maximum absolute atomic E-state index is 12.9. The van der Waals surface area contributed by atoms with Gasteiger partial charge in [-0.2, -0.15) is 0 Å². The second-order valence-electron chi connectivity index (χ2n) is 7.04. The molecule has 0 unspecified atom stereocenters. The number of thioether (sulfide) groups is 1. The summed E-state index contributed by atoms with van der Waals surface area (Å²) in [6.45, 7) is 4.64. The number of nitrogens with zero attached hydrogens (tertiary/aromatic N) is 3. The van der Waals surface area contributed by atoms with E-state index in [1.807, 2.05) is 74.5 Å². The Bertz CT molecular complexity index is 1200. The van der Waals surface area contributed by atoms with Crippen LogP contribution in [0.3, 0.4) is 0 Å². The predicted molar refractivity (Wildman–Crippen MR) is 129 cm³/mol. The quantitative estimate of drug-likeness (QED) is 0.240. The Hall–Kier alpha value is -2.61. The lowest BCUT2D eigenvalue weighted by Crippen LogP contribution is -2.07. The smallest absolute Gasteiger partial charge is 0.210 e. The van der Waals surface area contributed by atoms with Gasteiger partial charge in [-0.05, 0) is 43.7 Å². The van der Waals surface area contributed by atoms with Gasteiger partial charge in [0, 0.05) is 34.2 Å². The van der Waals surface area contributed by atoms with Crippen LogP contribution in [0.2, 0.25) is 5.02 Å². The van der Waals surface area contributed by atoms with Crippen LogP contribution < -0.4 is 5.32 Å². The first-order chi connectivity index (χ1) is 15.0. The van der Waals surface area contributed by atoms with Crippen LogP contribution in [0.4, 0.5) is 10.8 Å². The topological polar surface area (TPSA) is 59.8 Å². The molecule has 4 aromatic rings. The highest BCUT2D eigenvalue weighted by Crippen LogP contribution is 2.29. The lowest BCUT2D eigenvalue weighted by molar-refractivity contribution is 0.102. The zero-order valence-electron chi connectivity index (χ0n) is 17.1. The molecule has 0 aliphatic carbocycles. The molecule has 0 radical (unpaired) electrons. The predicted octanol–water partition coefficient (Wildman–Crippen LogP) is 6.38. The fourth-order valence-corrected chi connectivity index (χ4v) is 5.14. The summed E-state index contributed by atoms with van der Waals surface area (Å²) in [5, 5.41) is 13.0.